The van der Waals surface area contributed by atoms with Crippen LogP contribution in [-0.2, 0) is 0 Å². The number of benzene rings is 1. The third-order valence-corrected chi connectivity index (χ3v) is 3.07. The number of hydrogen-bond acceptors (Lipinski definition) is 2. The predicted octanol–water partition coefficient (Wildman–Crippen LogP) is 3.73. The molecule has 4 nitrogen and oxygen atoms in total. The van der Waals surface area contributed by atoms with E-state index in [1.807, 2.05) is 30.6 Å². The molecule has 0 bridgehead atoms. The minimum Gasteiger partial charge on any atom is -0.478 e. The number of allylic oxidation sites excluding steroid dienone is 5. The van der Waals surface area contributed by atoms with Gasteiger partial charge in [-0.25, -0.2) is 9.78 Å². The summed E-state index contributed by atoms with van der Waals surface area (Å²) in [5.41, 5.74) is 3.66. The van der Waals surface area contributed by atoms with Crippen LogP contribution in [0.15, 0.2) is 54.9 Å². The number of carboxylic acid groups (broad SMARTS) is 1. The van der Waals surface area contributed by atoms with Crippen molar-refractivity contribution in [1.82, 2.24) is 9.55 Å². The van der Waals surface area contributed by atoms with E-state index in [1.165, 1.54) is 0 Å². The summed E-state index contributed by atoms with van der Waals surface area (Å²) in [7, 11) is 0. The van der Waals surface area contributed by atoms with Crippen molar-refractivity contribution >= 4 is 22.7 Å². The fourth-order valence-electron chi connectivity index (χ4n) is 2.12. The highest BCUT2D eigenvalue weighted by Crippen LogP contribution is 2.22. The fourth-order valence-corrected chi connectivity index (χ4v) is 2.12. The maximum atomic E-state index is 11.1. The van der Waals surface area contributed by atoms with Crippen molar-refractivity contribution in [3.8, 4) is 0 Å². The Morgan fingerprint density at radius 1 is 1.45 bits per heavy atom. The highest BCUT2D eigenvalue weighted by molar-refractivity contribution is 5.93. The molecule has 0 unspecified atom stereocenters. The topological polar surface area (TPSA) is 55.1 Å². The molecule has 0 aliphatic carbocycles. The lowest BCUT2D eigenvalue weighted by Gasteiger charge is -2.08. The SMILES string of the molecule is C=C/C(=C(C)\C=C/C)n1cnc2ccc(C(=O)O)cc21. The third kappa shape index (κ3) is 2.40. The number of fused-ring (bicyclic) bond motifs is 1. The second kappa shape index (κ2) is 5.57. The molecule has 0 atom stereocenters. The Morgan fingerprint density at radius 3 is 2.80 bits per heavy atom. The van der Waals surface area contributed by atoms with Crippen LogP contribution < -0.4 is 0 Å². The summed E-state index contributed by atoms with van der Waals surface area (Å²) in [6.45, 7) is 7.75. The zero-order chi connectivity index (χ0) is 14.7. The Bertz CT molecular complexity index is 736. The molecule has 20 heavy (non-hydrogen) atoms. The molecule has 0 radical (unpaired) electrons. The molecule has 0 amide bonds. The first-order chi connectivity index (χ1) is 9.58. The van der Waals surface area contributed by atoms with Gasteiger partial charge in [-0.3, -0.25) is 4.57 Å². The summed E-state index contributed by atoms with van der Waals surface area (Å²) < 4.78 is 1.85. The zero-order valence-electron chi connectivity index (χ0n) is 11.5. The van der Waals surface area contributed by atoms with Gasteiger partial charge in [-0.15, -0.1) is 0 Å². The third-order valence-electron chi connectivity index (χ3n) is 3.07. The molecule has 2 rings (SSSR count). The van der Waals surface area contributed by atoms with Crippen LogP contribution >= 0.6 is 0 Å². The van der Waals surface area contributed by atoms with E-state index < -0.39 is 5.97 Å². The van der Waals surface area contributed by atoms with Crippen molar-refractivity contribution in [2.24, 2.45) is 0 Å². The smallest absolute Gasteiger partial charge is 0.335 e. The van der Waals surface area contributed by atoms with Gasteiger partial charge in [0.05, 0.1) is 16.6 Å². The monoisotopic (exact) mass is 268 g/mol. The summed E-state index contributed by atoms with van der Waals surface area (Å²) in [6.07, 6.45) is 7.34. The maximum Gasteiger partial charge on any atom is 0.335 e. The van der Waals surface area contributed by atoms with Crippen molar-refractivity contribution in [1.29, 1.82) is 0 Å². The maximum absolute atomic E-state index is 11.1. The van der Waals surface area contributed by atoms with Crippen molar-refractivity contribution < 1.29 is 9.90 Å². The molecule has 1 N–H and O–H groups in total. The van der Waals surface area contributed by atoms with Crippen LogP contribution in [0.2, 0.25) is 0 Å². The van der Waals surface area contributed by atoms with Gasteiger partial charge in [0.1, 0.15) is 6.33 Å². The van der Waals surface area contributed by atoms with Gasteiger partial charge in [-0.2, -0.15) is 0 Å². The summed E-state index contributed by atoms with van der Waals surface area (Å²) in [4.78, 5) is 15.4. The number of rotatable bonds is 4. The molecular weight excluding hydrogens is 252 g/mol. The van der Waals surface area contributed by atoms with Crippen molar-refractivity contribution in [2.75, 3.05) is 0 Å². The summed E-state index contributed by atoms with van der Waals surface area (Å²) in [5.74, 6) is -0.950. The van der Waals surface area contributed by atoms with Crippen LogP contribution in [-0.4, -0.2) is 20.6 Å². The Kier molecular flexibility index (Phi) is 3.84. The zero-order valence-corrected chi connectivity index (χ0v) is 11.5. The van der Waals surface area contributed by atoms with E-state index in [0.717, 1.165) is 22.3 Å². The predicted molar refractivity (Wildman–Crippen MR) is 80.6 cm³/mol. The minimum atomic E-state index is -0.950. The van der Waals surface area contributed by atoms with Crippen LogP contribution in [0.5, 0.6) is 0 Å². The van der Waals surface area contributed by atoms with Crippen molar-refractivity contribution in [2.45, 2.75) is 13.8 Å². The van der Waals surface area contributed by atoms with E-state index in [4.69, 9.17) is 5.11 Å². The first-order valence-corrected chi connectivity index (χ1v) is 6.25. The largest absolute Gasteiger partial charge is 0.478 e. The summed E-state index contributed by atoms with van der Waals surface area (Å²) >= 11 is 0. The number of carbonyl (C=O) groups is 1. The lowest BCUT2D eigenvalue weighted by atomic mass is 10.1. The number of aromatic carboxylic acids is 1. The number of nitrogens with zero attached hydrogens (tertiary/aromatic N) is 2. The van der Waals surface area contributed by atoms with Gasteiger partial charge < -0.3 is 5.11 Å². The summed E-state index contributed by atoms with van der Waals surface area (Å²) in [5, 5.41) is 9.09. The molecule has 0 spiro atoms. The molecular formula is C16H16N2O2. The lowest BCUT2D eigenvalue weighted by molar-refractivity contribution is 0.0697. The molecule has 1 heterocycles. The fraction of sp³-hybridized carbons (Fsp3) is 0.125. The Morgan fingerprint density at radius 2 is 2.20 bits per heavy atom. The average molecular weight is 268 g/mol. The molecule has 0 aliphatic rings. The van der Waals surface area contributed by atoms with Gasteiger partial charge in [0.25, 0.3) is 0 Å². The van der Waals surface area contributed by atoms with Crippen molar-refractivity contribution in [3.05, 3.63) is 60.5 Å². The quantitative estimate of drug-likeness (QED) is 0.860. The Balaban J connectivity index is 2.71. The average Bonchev–Trinajstić information content (AvgIpc) is 2.83. The van der Waals surface area contributed by atoms with E-state index in [9.17, 15) is 4.79 Å². The molecule has 1 aromatic carbocycles. The molecule has 1 aromatic heterocycles. The molecule has 0 saturated heterocycles. The van der Waals surface area contributed by atoms with Crippen LogP contribution in [0.1, 0.15) is 24.2 Å². The highest BCUT2D eigenvalue weighted by atomic mass is 16.4. The standard InChI is InChI=1S/C16H16N2O2/c1-4-6-11(3)14(5-2)18-10-17-13-8-7-12(16(19)20)9-15(13)18/h4-10H,2H2,1,3H3,(H,19,20)/b6-4-,14-11+. The van der Waals surface area contributed by atoms with E-state index in [0.29, 0.717) is 0 Å². The van der Waals surface area contributed by atoms with Gasteiger partial charge in [0.15, 0.2) is 0 Å². The number of hydrogen-bond donors (Lipinski definition) is 1. The number of aromatic nitrogens is 2. The highest BCUT2D eigenvalue weighted by Gasteiger charge is 2.10. The first-order valence-electron chi connectivity index (χ1n) is 6.25. The Labute approximate surface area is 117 Å². The van der Waals surface area contributed by atoms with Gasteiger partial charge in [0.2, 0.25) is 0 Å². The van der Waals surface area contributed by atoms with Gasteiger partial charge in [-0.05, 0) is 43.7 Å². The van der Waals surface area contributed by atoms with Gasteiger partial charge in [-0.1, -0.05) is 18.7 Å². The van der Waals surface area contributed by atoms with Crippen molar-refractivity contribution in [3.63, 3.8) is 0 Å². The van der Waals surface area contributed by atoms with E-state index in [2.05, 4.69) is 11.6 Å². The van der Waals surface area contributed by atoms with Gasteiger partial charge >= 0.3 is 5.97 Å². The second-order valence-electron chi connectivity index (χ2n) is 4.40. The normalized spacial score (nSPS) is 12.7. The van der Waals surface area contributed by atoms with E-state index >= 15 is 0 Å². The molecule has 0 fully saturated rings. The van der Waals surface area contributed by atoms with Crippen LogP contribution in [0.3, 0.4) is 0 Å². The molecule has 0 aliphatic heterocycles. The molecule has 0 saturated carbocycles. The van der Waals surface area contributed by atoms with Crippen LogP contribution in [0.4, 0.5) is 0 Å². The number of carboxylic acids is 1. The lowest BCUT2D eigenvalue weighted by Crippen LogP contribution is -1.98. The minimum absolute atomic E-state index is 0.242. The molecule has 2 aromatic rings. The molecule has 4 heteroatoms. The number of imidazole rings is 1. The summed E-state index contributed by atoms with van der Waals surface area (Å²) in [6, 6.07) is 4.89. The van der Waals surface area contributed by atoms with Crippen LogP contribution in [0, 0.1) is 0 Å². The van der Waals surface area contributed by atoms with Gasteiger partial charge in [0, 0.05) is 5.70 Å². The van der Waals surface area contributed by atoms with E-state index in [1.54, 1.807) is 30.6 Å². The first kappa shape index (κ1) is 13.8. The molecule has 102 valence electrons. The second-order valence-corrected chi connectivity index (χ2v) is 4.40. The van der Waals surface area contributed by atoms with E-state index in [-0.39, 0.29) is 5.56 Å². The van der Waals surface area contributed by atoms with Crippen LogP contribution in [0.25, 0.3) is 16.7 Å². The Hall–Kier alpha value is -2.62.